The molecule has 1 N–H and O–H groups in total. The molecule has 2 rings (SSSR count). The van der Waals surface area contributed by atoms with Gasteiger partial charge in [-0.3, -0.25) is 4.79 Å². The molecule has 20 heavy (non-hydrogen) atoms. The number of nitrogens with one attached hydrogen (secondary N) is 1. The minimum atomic E-state index is -0.129. The lowest BCUT2D eigenvalue weighted by atomic mass is 10.0. The maximum atomic E-state index is 12.4. The summed E-state index contributed by atoms with van der Waals surface area (Å²) in [6, 6.07) is 6.06. The smallest absolute Gasteiger partial charge is 0.179 e. The summed E-state index contributed by atoms with van der Waals surface area (Å²) in [7, 11) is 0. The summed E-state index contributed by atoms with van der Waals surface area (Å²) in [4.78, 5) is 12.4. The summed E-state index contributed by atoms with van der Waals surface area (Å²) in [5, 5.41) is 3.28. The fourth-order valence-corrected chi connectivity index (χ4v) is 2.70. The molecular formula is C17H25NO2. The molecule has 1 aromatic rings. The van der Waals surface area contributed by atoms with Gasteiger partial charge in [0.05, 0.1) is 6.04 Å². The average molecular weight is 275 g/mol. The van der Waals surface area contributed by atoms with Crippen molar-refractivity contribution in [2.24, 2.45) is 0 Å². The Morgan fingerprint density at radius 2 is 2.15 bits per heavy atom. The summed E-state index contributed by atoms with van der Waals surface area (Å²) < 4.78 is 5.29. The first-order valence-electron chi connectivity index (χ1n) is 7.69. The van der Waals surface area contributed by atoms with Gasteiger partial charge in [0.15, 0.2) is 5.78 Å². The van der Waals surface area contributed by atoms with Crippen molar-refractivity contribution in [2.45, 2.75) is 45.6 Å². The van der Waals surface area contributed by atoms with Crippen molar-refractivity contribution in [3.63, 3.8) is 0 Å². The molecule has 0 aromatic heterocycles. The Labute approximate surface area is 121 Å². The second-order valence-corrected chi connectivity index (χ2v) is 5.43. The van der Waals surface area contributed by atoms with Crippen molar-refractivity contribution in [3.8, 4) is 0 Å². The first-order valence-corrected chi connectivity index (χ1v) is 7.69. The van der Waals surface area contributed by atoms with Crippen LogP contribution in [0.4, 0.5) is 0 Å². The zero-order chi connectivity index (χ0) is 14.4. The Morgan fingerprint density at radius 3 is 2.95 bits per heavy atom. The van der Waals surface area contributed by atoms with E-state index in [1.165, 1.54) is 17.5 Å². The molecule has 1 unspecified atom stereocenters. The molecule has 0 saturated heterocycles. The van der Waals surface area contributed by atoms with Gasteiger partial charge < -0.3 is 10.1 Å². The van der Waals surface area contributed by atoms with Crippen LogP contribution in [-0.2, 0) is 17.6 Å². The van der Waals surface area contributed by atoms with E-state index in [0.29, 0.717) is 0 Å². The Bertz CT molecular complexity index is 456. The highest BCUT2D eigenvalue weighted by molar-refractivity contribution is 6.00. The number of ketones is 1. The third kappa shape index (κ3) is 3.90. The second kappa shape index (κ2) is 7.55. The van der Waals surface area contributed by atoms with Crippen molar-refractivity contribution in [2.75, 3.05) is 19.8 Å². The van der Waals surface area contributed by atoms with E-state index in [1.54, 1.807) is 0 Å². The van der Waals surface area contributed by atoms with Crippen molar-refractivity contribution < 1.29 is 9.53 Å². The highest BCUT2D eigenvalue weighted by Gasteiger charge is 2.17. The molecule has 1 aliphatic rings. The lowest BCUT2D eigenvalue weighted by Crippen LogP contribution is -2.35. The van der Waals surface area contributed by atoms with Gasteiger partial charge in [0, 0.05) is 18.8 Å². The number of aryl methyl sites for hydroxylation is 2. The van der Waals surface area contributed by atoms with E-state index in [9.17, 15) is 4.79 Å². The summed E-state index contributed by atoms with van der Waals surface area (Å²) in [6.07, 6.45) is 4.44. The van der Waals surface area contributed by atoms with Gasteiger partial charge in [-0.2, -0.15) is 0 Å². The van der Waals surface area contributed by atoms with Gasteiger partial charge in [-0.25, -0.2) is 0 Å². The minimum Gasteiger partial charge on any atom is -0.382 e. The van der Waals surface area contributed by atoms with Crippen LogP contribution in [0, 0.1) is 0 Å². The fraction of sp³-hybridized carbons (Fsp3) is 0.588. The van der Waals surface area contributed by atoms with Crippen LogP contribution in [0.25, 0.3) is 0 Å². The number of carbonyl (C=O) groups is 1. The number of carbonyl (C=O) groups excluding carboxylic acids is 1. The van der Waals surface area contributed by atoms with Crippen molar-refractivity contribution in [1.29, 1.82) is 0 Å². The van der Waals surface area contributed by atoms with Crippen LogP contribution in [0.5, 0.6) is 0 Å². The number of ether oxygens (including phenoxy) is 1. The van der Waals surface area contributed by atoms with Crippen LogP contribution in [-0.4, -0.2) is 31.6 Å². The first kappa shape index (κ1) is 15.2. The molecule has 0 fully saturated rings. The first-order chi connectivity index (χ1) is 9.72. The molecule has 0 heterocycles. The van der Waals surface area contributed by atoms with Crippen molar-refractivity contribution in [1.82, 2.24) is 5.32 Å². The molecule has 0 radical (unpaired) electrons. The molecule has 0 bridgehead atoms. The lowest BCUT2D eigenvalue weighted by Gasteiger charge is -2.13. The number of benzene rings is 1. The van der Waals surface area contributed by atoms with Crippen LogP contribution in [0.1, 0.15) is 48.2 Å². The van der Waals surface area contributed by atoms with Gasteiger partial charge in [-0.05, 0) is 63.3 Å². The quantitative estimate of drug-likeness (QED) is 0.585. The molecule has 3 nitrogen and oxygen atoms in total. The molecule has 1 atom stereocenters. The Hall–Kier alpha value is -1.19. The maximum Gasteiger partial charge on any atom is 0.179 e. The van der Waals surface area contributed by atoms with Gasteiger partial charge in [0.2, 0.25) is 0 Å². The third-order valence-electron chi connectivity index (χ3n) is 3.90. The molecule has 1 aromatic carbocycles. The highest BCUT2D eigenvalue weighted by atomic mass is 16.5. The largest absolute Gasteiger partial charge is 0.382 e. The lowest BCUT2D eigenvalue weighted by molar-refractivity contribution is 0.0946. The number of rotatable bonds is 8. The average Bonchev–Trinajstić information content (AvgIpc) is 2.93. The molecule has 0 aliphatic heterocycles. The van der Waals surface area contributed by atoms with Gasteiger partial charge in [0.25, 0.3) is 0 Å². The Kier molecular flexibility index (Phi) is 5.74. The van der Waals surface area contributed by atoms with Crippen molar-refractivity contribution >= 4 is 5.78 Å². The topological polar surface area (TPSA) is 38.3 Å². The summed E-state index contributed by atoms with van der Waals surface area (Å²) in [5.74, 6) is 0.191. The molecule has 110 valence electrons. The van der Waals surface area contributed by atoms with E-state index in [1.807, 2.05) is 19.9 Å². The van der Waals surface area contributed by atoms with Gasteiger partial charge >= 0.3 is 0 Å². The maximum absolute atomic E-state index is 12.4. The molecule has 3 heteroatoms. The summed E-state index contributed by atoms with van der Waals surface area (Å²) in [6.45, 7) is 6.26. The second-order valence-electron chi connectivity index (χ2n) is 5.43. The van der Waals surface area contributed by atoms with Crippen LogP contribution in [0.2, 0.25) is 0 Å². The van der Waals surface area contributed by atoms with E-state index in [0.717, 1.165) is 44.6 Å². The number of fused-ring (bicyclic) bond motifs is 1. The van der Waals surface area contributed by atoms with E-state index < -0.39 is 0 Å². The summed E-state index contributed by atoms with van der Waals surface area (Å²) in [5.41, 5.74) is 3.62. The molecule has 0 saturated carbocycles. The molecule has 0 spiro atoms. The van der Waals surface area contributed by atoms with Crippen LogP contribution in [0.15, 0.2) is 18.2 Å². The van der Waals surface area contributed by atoms with E-state index >= 15 is 0 Å². The highest BCUT2D eigenvalue weighted by Crippen LogP contribution is 2.23. The molecular weight excluding hydrogens is 250 g/mol. The third-order valence-corrected chi connectivity index (χ3v) is 3.90. The van der Waals surface area contributed by atoms with Gasteiger partial charge in [-0.1, -0.05) is 12.1 Å². The Balaban J connectivity index is 1.84. The van der Waals surface area contributed by atoms with Crippen LogP contribution in [0.3, 0.4) is 0 Å². The predicted octanol–water partition coefficient (Wildman–Crippen LogP) is 2.76. The van der Waals surface area contributed by atoms with Crippen LogP contribution >= 0.6 is 0 Å². The fourth-order valence-electron chi connectivity index (χ4n) is 2.70. The summed E-state index contributed by atoms with van der Waals surface area (Å²) >= 11 is 0. The predicted molar refractivity (Wildman–Crippen MR) is 81.4 cm³/mol. The minimum absolute atomic E-state index is 0.129. The number of Topliss-reactive ketones (excluding diaryl/α,β-unsaturated/α-hetero) is 1. The zero-order valence-electron chi connectivity index (χ0n) is 12.6. The Morgan fingerprint density at radius 1 is 1.35 bits per heavy atom. The molecule has 1 aliphatic carbocycles. The zero-order valence-corrected chi connectivity index (χ0v) is 12.6. The van der Waals surface area contributed by atoms with Gasteiger partial charge in [0.1, 0.15) is 0 Å². The van der Waals surface area contributed by atoms with E-state index in [-0.39, 0.29) is 11.8 Å². The van der Waals surface area contributed by atoms with Crippen LogP contribution < -0.4 is 5.32 Å². The van der Waals surface area contributed by atoms with Gasteiger partial charge in [-0.15, -0.1) is 0 Å². The van der Waals surface area contributed by atoms with E-state index in [4.69, 9.17) is 4.74 Å². The normalized spacial score (nSPS) is 15.1. The monoisotopic (exact) mass is 275 g/mol. The molecule has 0 amide bonds. The number of hydrogen-bond acceptors (Lipinski definition) is 3. The van der Waals surface area contributed by atoms with E-state index in [2.05, 4.69) is 17.4 Å². The standard InChI is InChI=1S/C17H25NO2/c1-3-20-11-5-10-18-13(2)17(19)16-9-8-14-6-4-7-15(14)12-16/h8-9,12-13,18H,3-7,10-11H2,1-2H3. The van der Waals surface area contributed by atoms with Crippen molar-refractivity contribution in [3.05, 3.63) is 34.9 Å². The number of hydrogen-bond donors (Lipinski definition) is 1. The SMILES string of the molecule is CCOCCCNC(C)C(=O)c1ccc2c(c1)CCC2.